The van der Waals surface area contributed by atoms with Gasteiger partial charge in [0, 0.05) is 25.7 Å². The van der Waals surface area contributed by atoms with Gasteiger partial charge in [-0.1, -0.05) is 6.07 Å². The number of likely N-dealkylation sites (tertiary alicyclic amines) is 1. The summed E-state index contributed by atoms with van der Waals surface area (Å²) in [5, 5.41) is 1.85. The molecule has 0 unspecified atom stereocenters. The van der Waals surface area contributed by atoms with Gasteiger partial charge in [-0.15, -0.1) is 11.3 Å². The lowest BCUT2D eigenvalue weighted by molar-refractivity contribution is -0.139. The predicted molar refractivity (Wildman–Crippen MR) is 106 cm³/mol. The van der Waals surface area contributed by atoms with Gasteiger partial charge >= 0.3 is 0 Å². The second-order valence-corrected chi connectivity index (χ2v) is 11.0. The highest BCUT2D eigenvalue weighted by Crippen LogP contribution is 2.28. The molecule has 0 aromatic carbocycles. The van der Waals surface area contributed by atoms with E-state index in [2.05, 4.69) is 0 Å². The van der Waals surface area contributed by atoms with Gasteiger partial charge in [-0.3, -0.25) is 9.59 Å². The Hall–Kier alpha value is -1.45. The van der Waals surface area contributed by atoms with Crippen molar-refractivity contribution in [3.05, 3.63) is 22.4 Å². The van der Waals surface area contributed by atoms with Crippen LogP contribution in [-0.4, -0.2) is 79.4 Å². The number of ether oxygens (including phenoxy) is 1. The van der Waals surface area contributed by atoms with Gasteiger partial charge in [0.2, 0.25) is 5.91 Å². The molecule has 1 aromatic rings. The predicted octanol–water partition coefficient (Wildman–Crippen LogP) is 1.55. The molecule has 4 heterocycles. The summed E-state index contributed by atoms with van der Waals surface area (Å²) >= 11 is 1.38. The molecule has 0 aliphatic carbocycles. The highest BCUT2D eigenvalue weighted by molar-refractivity contribution is 7.91. The Morgan fingerprint density at radius 2 is 2.11 bits per heavy atom. The van der Waals surface area contributed by atoms with Crippen LogP contribution in [0.5, 0.6) is 0 Å². The molecule has 3 saturated heterocycles. The minimum absolute atomic E-state index is 0.0110. The Bertz CT molecular complexity index is 817. The number of hydrogen-bond donors (Lipinski definition) is 0. The van der Waals surface area contributed by atoms with Crippen molar-refractivity contribution in [3.8, 4) is 0 Å². The van der Waals surface area contributed by atoms with Gasteiger partial charge in [-0.2, -0.15) is 0 Å². The van der Waals surface area contributed by atoms with Crippen LogP contribution in [0.25, 0.3) is 0 Å². The van der Waals surface area contributed by atoms with Gasteiger partial charge in [0.15, 0.2) is 9.84 Å². The molecule has 0 saturated carbocycles. The zero-order valence-electron chi connectivity index (χ0n) is 15.8. The van der Waals surface area contributed by atoms with Crippen LogP contribution in [-0.2, 0) is 19.4 Å². The fraction of sp³-hybridized carbons (Fsp3) is 0.684. The smallest absolute Gasteiger partial charge is 0.264 e. The van der Waals surface area contributed by atoms with E-state index in [1.807, 2.05) is 11.4 Å². The number of sulfone groups is 1. The van der Waals surface area contributed by atoms with Crippen molar-refractivity contribution in [3.63, 3.8) is 0 Å². The number of thiophene rings is 1. The molecule has 9 heteroatoms. The van der Waals surface area contributed by atoms with Crippen molar-refractivity contribution in [1.29, 1.82) is 0 Å². The lowest BCUT2D eigenvalue weighted by atomic mass is 10.1. The molecule has 0 bridgehead atoms. The maximum atomic E-state index is 13.5. The molecule has 2 amide bonds. The zero-order valence-corrected chi connectivity index (χ0v) is 17.4. The molecule has 3 aliphatic heterocycles. The van der Waals surface area contributed by atoms with Crippen molar-refractivity contribution in [2.24, 2.45) is 0 Å². The molecular weight excluding hydrogens is 400 g/mol. The first-order valence-electron chi connectivity index (χ1n) is 9.91. The highest BCUT2D eigenvalue weighted by Gasteiger charge is 2.42. The molecule has 28 heavy (non-hydrogen) atoms. The summed E-state index contributed by atoms with van der Waals surface area (Å²) < 4.78 is 29.8. The average molecular weight is 427 g/mol. The fourth-order valence-electron chi connectivity index (χ4n) is 4.45. The van der Waals surface area contributed by atoms with Gasteiger partial charge < -0.3 is 14.5 Å². The first-order valence-corrected chi connectivity index (χ1v) is 12.6. The van der Waals surface area contributed by atoms with E-state index in [0.29, 0.717) is 37.4 Å². The molecular formula is C19H26N2O5S2. The van der Waals surface area contributed by atoms with E-state index >= 15 is 0 Å². The molecule has 0 N–H and O–H groups in total. The van der Waals surface area contributed by atoms with E-state index in [-0.39, 0.29) is 35.5 Å². The van der Waals surface area contributed by atoms with E-state index in [9.17, 15) is 18.0 Å². The van der Waals surface area contributed by atoms with E-state index in [0.717, 1.165) is 19.3 Å². The summed E-state index contributed by atoms with van der Waals surface area (Å²) in [6.45, 7) is 1.66. The van der Waals surface area contributed by atoms with E-state index in [1.165, 1.54) is 11.3 Å². The van der Waals surface area contributed by atoms with Crippen LogP contribution < -0.4 is 0 Å². The Morgan fingerprint density at radius 3 is 2.75 bits per heavy atom. The van der Waals surface area contributed by atoms with Crippen LogP contribution in [0, 0.1) is 0 Å². The van der Waals surface area contributed by atoms with E-state index in [1.54, 1.807) is 15.9 Å². The van der Waals surface area contributed by atoms with Crippen LogP contribution in [0.4, 0.5) is 0 Å². The van der Waals surface area contributed by atoms with Crippen molar-refractivity contribution < 1.29 is 22.7 Å². The van der Waals surface area contributed by atoms with E-state index in [4.69, 9.17) is 4.74 Å². The average Bonchev–Trinajstić information content (AvgIpc) is 3.45. The molecule has 0 spiro atoms. The summed E-state index contributed by atoms with van der Waals surface area (Å²) in [6.07, 6.45) is 3.66. The number of amides is 2. The van der Waals surface area contributed by atoms with Crippen LogP contribution >= 0.6 is 11.3 Å². The topological polar surface area (TPSA) is 84.0 Å². The number of nitrogens with zero attached hydrogens (tertiary/aromatic N) is 2. The minimum atomic E-state index is -3.11. The summed E-state index contributed by atoms with van der Waals surface area (Å²) in [4.78, 5) is 30.4. The molecule has 7 nitrogen and oxygen atoms in total. The molecule has 4 rings (SSSR count). The molecule has 0 radical (unpaired) electrons. The van der Waals surface area contributed by atoms with Crippen molar-refractivity contribution in [2.45, 2.75) is 50.3 Å². The summed E-state index contributed by atoms with van der Waals surface area (Å²) in [5.74, 6) is -0.103. The number of rotatable bonds is 5. The van der Waals surface area contributed by atoms with Crippen molar-refractivity contribution in [1.82, 2.24) is 9.80 Å². The summed E-state index contributed by atoms with van der Waals surface area (Å²) in [6, 6.07) is 2.78. The standard InChI is InChI=1S/C19H26N2O5S2/c22-18(16-5-1-8-20(16)19(23)17-6-3-10-27-17)21(12-15-4-2-9-26-15)14-7-11-28(24,25)13-14/h3,6,10,14-16H,1-2,4-5,7-9,11-13H2/t14-,15-,16+/m1/s1. The Morgan fingerprint density at radius 1 is 1.25 bits per heavy atom. The monoisotopic (exact) mass is 426 g/mol. The number of hydrogen-bond acceptors (Lipinski definition) is 6. The molecule has 154 valence electrons. The summed E-state index contributed by atoms with van der Waals surface area (Å²) in [7, 11) is -3.11. The van der Waals surface area contributed by atoms with Crippen molar-refractivity contribution >= 4 is 33.0 Å². The van der Waals surface area contributed by atoms with E-state index < -0.39 is 15.9 Å². The van der Waals surface area contributed by atoms with Crippen LogP contribution in [0.15, 0.2) is 17.5 Å². The van der Waals surface area contributed by atoms with Gasteiger partial charge in [0.25, 0.3) is 5.91 Å². The lowest BCUT2D eigenvalue weighted by Crippen LogP contribution is -2.53. The molecule has 3 fully saturated rings. The Labute approximate surface area is 169 Å². The van der Waals surface area contributed by atoms with Crippen LogP contribution in [0.2, 0.25) is 0 Å². The van der Waals surface area contributed by atoms with Crippen LogP contribution in [0.1, 0.15) is 41.8 Å². The number of carbonyl (C=O) groups is 2. The maximum Gasteiger partial charge on any atom is 0.264 e. The third kappa shape index (κ3) is 4.11. The quantitative estimate of drug-likeness (QED) is 0.713. The third-order valence-corrected chi connectivity index (χ3v) is 8.50. The first-order chi connectivity index (χ1) is 13.4. The van der Waals surface area contributed by atoms with Crippen molar-refractivity contribution in [2.75, 3.05) is 31.2 Å². The Kier molecular flexibility index (Phi) is 5.76. The highest BCUT2D eigenvalue weighted by atomic mass is 32.2. The second kappa shape index (κ2) is 8.12. The largest absolute Gasteiger partial charge is 0.376 e. The van der Waals surface area contributed by atoms with Crippen LogP contribution in [0.3, 0.4) is 0 Å². The van der Waals surface area contributed by atoms with Gasteiger partial charge in [-0.05, 0) is 43.6 Å². The maximum absolute atomic E-state index is 13.5. The summed E-state index contributed by atoms with van der Waals surface area (Å²) in [5.41, 5.74) is 0. The van der Waals surface area contributed by atoms with Gasteiger partial charge in [0.05, 0.1) is 22.5 Å². The third-order valence-electron chi connectivity index (χ3n) is 5.89. The van der Waals surface area contributed by atoms with Gasteiger partial charge in [-0.25, -0.2) is 8.42 Å². The first kappa shape index (κ1) is 19.8. The minimum Gasteiger partial charge on any atom is -0.376 e. The SMILES string of the molecule is O=C([C@@H]1CCCN1C(=O)c1cccs1)N(C[C@H]1CCCO1)[C@@H]1CCS(=O)(=O)C1. The number of carbonyl (C=O) groups excluding carboxylic acids is 2. The molecule has 3 atom stereocenters. The lowest BCUT2D eigenvalue weighted by Gasteiger charge is -2.35. The zero-order chi connectivity index (χ0) is 19.7. The normalized spacial score (nSPS) is 29.3. The Balaban J connectivity index is 1.54. The fourth-order valence-corrected chi connectivity index (χ4v) is 6.86. The second-order valence-electron chi connectivity index (χ2n) is 7.82. The molecule has 1 aromatic heterocycles. The molecule has 3 aliphatic rings. The van der Waals surface area contributed by atoms with Gasteiger partial charge in [0.1, 0.15) is 6.04 Å².